The smallest absolute Gasteiger partial charge is 0.255 e. The van der Waals surface area contributed by atoms with Crippen LogP contribution in [0.15, 0.2) is 36.8 Å². The maximum absolute atomic E-state index is 12.8. The van der Waals surface area contributed by atoms with Gasteiger partial charge in [-0.2, -0.15) is 5.10 Å². The lowest BCUT2D eigenvalue weighted by Gasteiger charge is -2.46. The zero-order chi connectivity index (χ0) is 18.9. The Hall–Kier alpha value is -2.74. The normalized spacial score (nSPS) is 18.6. The van der Waals surface area contributed by atoms with E-state index >= 15 is 0 Å². The number of carbonyl (C=O) groups is 2. The van der Waals surface area contributed by atoms with E-state index in [1.54, 1.807) is 42.7 Å². The number of ether oxygens (including phenoxy) is 1. The number of piperidine rings is 1. The first-order valence-electron chi connectivity index (χ1n) is 9.18. The molecule has 0 radical (unpaired) electrons. The van der Waals surface area contributed by atoms with E-state index in [2.05, 4.69) is 10.1 Å². The van der Waals surface area contributed by atoms with E-state index in [-0.39, 0.29) is 17.4 Å². The summed E-state index contributed by atoms with van der Waals surface area (Å²) in [4.78, 5) is 33.1. The van der Waals surface area contributed by atoms with E-state index in [4.69, 9.17) is 4.74 Å². The van der Waals surface area contributed by atoms with Gasteiger partial charge in [0.05, 0.1) is 36.9 Å². The summed E-state index contributed by atoms with van der Waals surface area (Å²) in [6.07, 6.45) is 6.80. The van der Waals surface area contributed by atoms with Gasteiger partial charge in [0, 0.05) is 38.7 Å². The van der Waals surface area contributed by atoms with E-state index in [1.165, 1.54) is 0 Å². The van der Waals surface area contributed by atoms with Gasteiger partial charge in [0.2, 0.25) is 5.91 Å². The predicted octanol–water partition coefficient (Wildman–Crippen LogP) is 1.29. The van der Waals surface area contributed by atoms with E-state index in [0.29, 0.717) is 51.1 Å². The minimum atomic E-state index is -0.356. The van der Waals surface area contributed by atoms with Crippen LogP contribution in [0.4, 0.5) is 5.82 Å². The van der Waals surface area contributed by atoms with Gasteiger partial charge in [0.25, 0.3) is 5.91 Å². The molecule has 2 aromatic heterocycles. The Balaban J connectivity index is 1.52. The van der Waals surface area contributed by atoms with Crippen LogP contribution < -0.4 is 4.90 Å². The second-order valence-electron chi connectivity index (χ2n) is 7.07. The average molecular weight is 369 g/mol. The van der Waals surface area contributed by atoms with Gasteiger partial charge in [0.1, 0.15) is 5.82 Å². The number of hydrogen-bond acceptors (Lipinski definition) is 5. The fraction of sp³-hybridized carbons (Fsp3) is 0.474. The number of fused-ring (bicyclic) bond motifs is 2. The Morgan fingerprint density at radius 2 is 2.07 bits per heavy atom. The summed E-state index contributed by atoms with van der Waals surface area (Å²) in [6, 6.07) is 5.42. The van der Waals surface area contributed by atoms with Crippen LogP contribution in [0.2, 0.25) is 0 Å². The molecule has 0 aliphatic carbocycles. The molecule has 0 N–H and O–H groups in total. The van der Waals surface area contributed by atoms with Crippen molar-refractivity contribution in [3.05, 3.63) is 42.4 Å². The molecule has 2 amide bonds. The highest BCUT2D eigenvalue weighted by Gasteiger charge is 2.46. The molecule has 4 heterocycles. The van der Waals surface area contributed by atoms with E-state index < -0.39 is 0 Å². The number of likely N-dealkylation sites (tertiary alicyclic amines) is 1. The van der Waals surface area contributed by atoms with Crippen molar-refractivity contribution in [1.82, 2.24) is 19.7 Å². The monoisotopic (exact) mass is 369 g/mol. The van der Waals surface area contributed by atoms with Crippen LogP contribution in [-0.2, 0) is 15.1 Å². The number of nitrogens with zero attached hydrogens (tertiary/aromatic N) is 5. The third-order valence-electron chi connectivity index (χ3n) is 5.54. The number of pyridine rings is 1. The standard InChI is InChI=1S/C19H23N5O3/c1-27-12-11-23-16-4-8-21-24(16)19(13-17(23)25)5-9-22(10-6-19)18(26)15-3-2-7-20-14-15/h2-4,7-8,14H,5-6,9-13H2,1H3. The first-order chi connectivity index (χ1) is 13.1. The van der Waals surface area contributed by atoms with Crippen molar-refractivity contribution in [2.45, 2.75) is 24.8 Å². The Bertz CT molecular complexity index is 827. The summed E-state index contributed by atoms with van der Waals surface area (Å²) in [5, 5.41) is 4.52. The highest BCUT2D eigenvalue weighted by Crippen LogP contribution is 2.40. The van der Waals surface area contributed by atoms with Crippen LogP contribution in [0.1, 0.15) is 29.6 Å². The zero-order valence-corrected chi connectivity index (χ0v) is 15.4. The first kappa shape index (κ1) is 17.7. The van der Waals surface area contributed by atoms with Crippen molar-refractivity contribution >= 4 is 17.6 Å². The van der Waals surface area contributed by atoms with E-state index in [0.717, 1.165) is 5.82 Å². The number of aromatic nitrogens is 3. The Labute approximate surface area is 157 Å². The summed E-state index contributed by atoms with van der Waals surface area (Å²) in [6.45, 7) is 2.19. The molecular formula is C19H23N5O3. The van der Waals surface area contributed by atoms with Crippen molar-refractivity contribution in [1.29, 1.82) is 0 Å². The number of rotatable bonds is 4. The molecule has 8 heteroatoms. The van der Waals surface area contributed by atoms with Crippen LogP contribution >= 0.6 is 0 Å². The molecule has 2 aliphatic rings. The Morgan fingerprint density at radius 1 is 1.26 bits per heavy atom. The summed E-state index contributed by atoms with van der Waals surface area (Å²) in [5.74, 6) is 0.893. The molecular weight excluding hydrogens is 346 g/mol. The molecule has 2 aromatic rings. The summed E-state index contributed by atoms with van der Waals surface area (Å²) >= 11 is 0. The molecule has 2 aliphatic heterocycles. The lowest BCUT2D eigenvalue weighted by atomic mass is 9.82. The van der Waals surface area contributed by atoms with Crippen molar-refractivity contribution in [2.24, 2.45) is 0 Å². The van der Waals surface area contributed by atoms with Crippen molar-refractivity contribution in [3.63, 3.8) is 0 Å². The zero-order valence-electron chi connectivity index (χ0n) is 15.4. The van der Waals surface area contributed by atoms with Gasteiger partial charge in [-0.05, 0) is 25.0 Å². The van der Waals surface area contributed by atoms with Gasteiger partial charge < -0.3 is 9.64 Å². The number of carbonyl (C=O) groups excluding carboxylic acids is 2. The third kappa shape index (κ3) is 3.10. The highest BCUT2D eigenvalue weighted by molar-refractivity contribution is 5.95. The van der Waals surface area contributed by atoms with Gasteiger partial charge >= 0.3 is 0 Å². The molecule has 0 atom stereocenters. The minimum absolute atomic E-state index is 0.0116. The van der Waals surface area contributed by atoms with Gasteiger partial charge in [0.15, 0.2) is 0 Å². The molecule has 0 bridgehead atoms. The summed E-state index contributed by atoms with van der Waals surface area (Å²) < 4.78 is 7.11. The molecule has 27 heavy (non-hydrogen) atoms. The summed E-state index contributed by atoms with van der Waals surface area (Å²) in [7, 11) is 1.63. The fourth-order valence-corrected chi connectivity index (χ4v) is 4.05. The average Bonchev–Trinajstić information content (AvgIpc) is 3.19. The number of methoxy groups -OCH3 is 1. The SMILES string of the molecule is COCCN1C(=O)CC2(CCN(C(=O)c3cccnc3)CC2)n2nccc21. The van der Waals surface area contributed by atoms with Crippen molar-refractivity contribution in [3.8, 4) is 0 Å². The fourth-order valence-electron chi connectivity index (χ4n) is 4.05. The Kier molecular flexibility index (Phi) is 4.65. The second kappa shape index (κ2) is 7.11. The maximum Gasteiger partial charge on any atom is 0.255 e. The molecule has 1 saturated heterocycles. The molecule has 0 unspecified atom stereocenters. The van der Waals surface area contributed by atoms with E-state index in [1.807, 2.05) is 15.6 Å². The van der Waals surface area contributed by atoms with Crippen LogP contribution in [0.5, 0.6) is 0 Å². The largest absolute Gasteiger partial charge is 0.383 e. The summed E-state index contributed by atoms with van der Waals surface area (Å²) in [5.41, 5.74) is 0.240. The van der Waals surface area contributed by atoms with Crippen LogP contribution in [0.25, 0.3) is 0 Å². The lowest BCUT2D eigenvalue weighted by molar-refractivity contribution is -0.123. The number of amides is 2. The number of hydrogen-bond donors (Lipinski definition) is 0. The van der Waals surface area contributed by atoms with Crippen LogP contribution in [0, 0.1) is 0 Å². The van der Waals surface area contributed by atoms with Gasteiger partial charge in [-0.25, -0.2) is 4.68 Å². The molecule has 1 spiro atoms. The quantitative estimate of drug-likeness (QED) is 0.811. The minimum Gasteiger partial charge on any atom is -0.383 e. The van der Waals surface area contributed by atoms with Crippen LogP contribution in [0.3, 0.4) is 0 Å². The molecule has 8 nitrogen and oxygen atoms in total. The molecule has 0 saturated carbocycles. The van der Waals surface area contributed by atoms with E-state index in [9.17, 15) is 9.59 Å². The van der Waals surface area contributed by atoms with Gasteiger partial charge in [-0.1, -0.05) is 0 Å². The molecule has 1 fully saturated rings. The van der Waals surface area contributed by atoms with Gasteiger partial charge in [-0.15, -0.1) is 0 Å². The molecule has 4 rings (SSSR count). The first-order valence-corrected chi connectivity index (χ1v) is 9.18. The molecule has 142 valence electrons. The van der Waals surface area contributed by atoms with Crippen molar-refractivity contribution in [2.75, 3.05) is 38.3 Å². The van der Waals surface area contributed by atoms with Crippen molar-refractivity contribution < 1.29 is 14.3 Å². The molecule has 0 aromatic carbocycles. The predicted molar refractivity (Wildman–Crippen MR) is 98.4 cm³/mol. The maximum atomic E-state index is 12.8. The second-order valence-corrected chi connectivity index (χ2v) is 7.07. The lowest BCUT2D eigenvalue weighted by Crippen LogP contribution is -2.55. The van der Waals surface area contributed by atoms with Crippen LogP contribution in [-0.4, -0.2) is 64.8 Å². The third-order valence-corrected chi connectivity index (χ3v) is 5.54. The van der Waals surface area contributed by atoms with Gasteiger partial charge in [-0.3, -0.25) is 19.5 Å². The topological polar surface area (TPSA) is 80.6 Å². The Morgan fingerprint density at radius 3 is 2.78 bits per heavy atom. The highest BCUT2D eigenvalue weighted by atomic mass is 16.5. The number of anilines is 1.